The van der Waals surface area contributed by atoms with Crippen LogP contribution in [0.3, 0.4) is 0 Å². The van der Waals surface area contributed by atoms with Gasteiger partial charge in [0.15, 0.2) is 0 Å². The molecule has 144 valence electrons. The van der Waals surface area contributed by atoms with E-state index in [1.807, 2.05) is 18.2 Å². The second kappa shape index (κ2) is 10.0. The third-order valence-corrected chi connectivity index (χ3v) is 8.22. The summed E-state index contributed by atoms with van der Waals surface area (Å²) in [7, 11) is 0.138. The minimum Gasteiger partial charge on any atom is -0.206 e. The number of halogens is 1. The topological polar surface area (TPSA) is 0 Å². The maximum atomic E-state index is 14.6. The van der Waals surface area contributed by atoms with E-state index in [0.717, 1.165) is 23.9 Å². The standard InChI is InChI=1S/C25H33FSi/c1-3-5-19-6-8-20(9-7-19)10-11-22-12-13-23(18-25(22)26)21-14-16-24(17-15-21)27-4-2/h6-13,18,21,24H,3-5,14-17,27H2,1-2H3/b11-10+. The van der Waals surface area contributed by atoms with Crippen LogP contribution in [-0.2, 0) is 6.42 Å². The van der Waals surface area contributed by atoms with Crippen molar-refractivity contribution in [2.24, 2.45) is 0 Å². The molecule has 0 N–H and O–H groups in total. The van der Waals surface area contributed by atoms with Crippen molar-refractivity contribution in [3.05, 3.63) is 70.5 Å². The zero-order valence-corrected chi connectivity index (χ0v) is 18.3. The first kappa shape index (κ1) is 20.1. The number of hydrogen-bond acceptors (Lipinski definition) is 0. The van der Waals surface area contributed by atoms with Gasteiger partial charge in [0.05, 0.1) is 0 Å². The largest absolute Gasteiger partial charge is 0.206 e. The van der Waals surface area contributed by atoms with Crippen LogP contribution < -0.4 is 0 Å². The molecule has 2 heteroatoms. The predicted molar refractivity (Wildman–Crippen MR) is 120 cm³/mol. The van der Waals surface area contributed by atoms with E-state index in [1.54, 1.807) is 6.07 Å². The molecule has 27 heavy (non-hydrogen) atoms. The summed E-state index contributed by atoms with van der Waals surface area (Å²) in [5, 5.41) is 0. The van der Waals surface area contributed by atoms with Gasteiger partial charge in [0.25, 0.3) is 0 Å². The van der Waals surface area contributed by atoms with Crippen molar-refractivity contribution >= 4 is 21.7 Å². The van der Waals surface area contributed by atoms with Gasteiger partial charge in [0.1, 0.15) is 5.82 Å². The summed E-state index contributed by atoms with van der Waals surface area (Å²) >= 11 is 0. The van der Waals surface area contributed by atoms with E-state index in [0.29, 0.717) is 11.5 Å². The molecule has 1 aliphatic rings. The maximum Gasteiger partial charge on any atom is 0.130 e. The van der Waals surface area contributed by atoms with Gasteiger partial charge >= 0.3 is 0 Å². The lowest BCUT2D eigenvalue weighted by atomic mass is 9.83. The smallest absolute Gasteiger partial charge is 0.130 e. The molecule has 2 aromatic rings. The SMILES string of the molecule is CCCc1ccc(/C=C/c2ccc(C3CCC([SiH2]CC)CC3)cc2F)cc1. The summed E-state index contributed by atoms with van der Waals surface area (Å²) < 4.78 is 14.6. The molecule has 0 unspecified atom stereocenters. The molecule has 0 heterocycles. The monoisotopic (exact) mass is 380 g/mol. The van der Waals surface area contributed by atoms with E-state index in [-0.39, 0.29) is 15.3 Å². The first-order valence-corrected chi connectivity index (χ1v) is 12.6. The molecule has 0 atom stereocenters. The zero-order valence-electron chi connectivity index (χ0n) is 16.9. The Morgan fingerprint density at radius 2 is 1.70 bits per heavy atom. The molecule has 0 spiro atoms. The molecule has 0 aromatic heterocycles. The fourth-order valence-electron chi connectivity index (χ4n) is 4.40. The maximum absolute atomic E-state index is 14.6. The number of rotatable bonds is 7. The Balaban J connectivity index is 1.63. The van der Waals surface area contributed by atoms with E-state index in [4.69, 9.17) is 0 Å². The van der Waals surface area contributed by atoms with Crippen LogP contribution in [0.5, 0.6) is 0 Å². The quantitative estimate of drug-likeness (QED) is 0.358. The highest BCUT2D eigenvalue weighted by Gasteiger charge is 2.22. The summed E-state index contributed by atoms with van der Waals surface area (Å²) in [4.78, 5) is 0. The molecule has 0 radical (unpaired) electrons. The third-order valence-electron chi connectivity index (χ3n) is 6.01. The molecular formula is C25H33FSi. The Hall–Kier alpha value is -1.67. The van der Waals surface area contributed by atoms with Gasteiger partial charge in [-0.25, -0.2) is 4.39 Å². The minimum absolute atomic E-state index is 0.0867. The molecule has 3 rings (SSSR count). The molecule has 1 fully saturated rings. The summed E-state index contributed by atoms with van der Waals surface area (Å²) in [6.45, 7) is 4.53. The Morgan fingerprint density at radius 1 is 0.963 bits per heavy atom. The van der Waals surface area contributed by atoms with Crippen molar-refractivity contribution in [1.82, 2.24) is 0 Å². The van der Waals surface area contributed by atoms with E-state index in [1.165, 1.54) is 42.9 Å². The highest BCUT2D eigenvalue weighted by molar-refractivity contribution is 6.37. The van der Waals surface area contributed by atoms with Gasteiger partial charge < -0.3 is 0 Å². The third kappa shape index (κ3) is 5.65. The number of aryl methyl sites for hydroxylation is 1. The van der Waals surface area contributed by atoms with Gasteiger partial charge in [-0.1, -0.05) is 93.2 Å². The van der Waals surface area contributed by atoms with Crippen LogP contribution in [0.4, 0.5) is 4.39 Å². The van der Waals surface area contributed by atoms with Crippen LogP contribution in [0.2, 0.25) is 11.6 Å². The summed E-state index contributed by atoms with van der Waals surface area (Å²) in [6.07, 6.45) is 11.4. The number of benzene rings is 2. The molecule has 1 saturated carbocycles. The summed E-state index contributed by atoms with van der Waals surface area (Å²) in [5.41, 5.74) is 5.40. The van der Waals surface area contributed by atoms with Gasteiger partial charge in [-0.3, -0.25) is 0 Å². The molecule has 0 amide bonds. The van der Waals surface area contributed by atoms with Crippen LogP contribution >= 0.6 is 0 Å². The average molecular weight is 381 g/mol. The van der Waals surface area contributed by atoms with Gasteiger partial charge in [0.2, 0.25) is 0 Å². The lowest BCUT2D eigenvalue weighted by Gasteiger charge is -2.28. The van der Waals surface area contributed by atoms with Crippen LogP contribution in [0, 0.1) is 5.82 Å². The first-order chi connectivity index (χ1) is 13.2. The summed E-state index contributed by atoms with van der Waals surface area (Å²) in [5.74, 6) is 0.474. The Morgan fingerprint density at radius 3 is 2.33 bits per heavy atom. The highest BCUT2D eigenvalue weighted by atomic mass is 28.2. The van der Waals surface area contributed by atoms with Gasteiger partial charge in [-0.05, 0) is 47.9 Å². The van der Waals surface area contributed by atoms with Gasteiger partial charge in [0, 0.05) is 15.1 Å². The summed E-state index contributed by atoms with van der Waals surface area (Å²) in [6, 6.07) is 15.9. The second-order valence-electron chi connectivity index (χ2n) is 8.11. The van der Waals surface area contributed by atoms with Crippen LogP contribution in [0.1, 0.15) is 74.1 Å². The fourth-order valence-corrected chi connectivity index (χ4v) is 6.26. The van der Waals surface area contributed by atoms with Crippen molar-refractivity contribution in [2.75, 3.05) is 0 Å². The molecule has 0 bridgehead atoms. The van der Waals surface area contributed by atoms with Gasteiger partial charge in [-0.15, -0.1) is 0 Å². The Labute approximate surface area is 166 Å². The van der Waals surface area contributed by atoms with Crippen LogP contribution in [0.25, 0.3) is 12.2 Å². The van der Waals surface area contributed by atoms with Crippen LogP contribution in [-0.4, -0.2) is 9.52 Å². The Bertz CT molecular complexity index is 739. The molecule has 1 aliphatic carbocycles. The van der Waals surface area contributed by atoms with Crippen LogP contribution in [0.15, 0.2) is 42.5 Å². The Kier molecular flexibility index (Phi) is 7.46. The molecule has 0 nitrogen and oxygen atoms in total. The van der Waals surface area contributed by atoms with E-state index in [2.05, 4.69) is 44.2 Å². The van der Waals surface area contributed by atoms with Crippen molar-refractivity contribution in [3.63, 3.8) is 0 Å². The highest BCUT2D eigenvalue weighted by Crippen LogP contribution is 2.38. The lowest BCUT2D eigenvalue weighted by Crippen LogP contribution is -2.13. The van der Waals surface area contributed by atoms with E-state index < -0.39 is 0 Å². The minimum atomic E-state index is -0.0867. The van der Waals surface area contributed by atoms with Crippen molar-refractivity contribution in [2.45, 2.75) is 69.9 Å². The average Bonchev–Trinajstić information content (AvgIpc) is 2.69. The zero-order chi connectivity index (χ0) is 19.1. The molecule has 0 aliphatic heterocycles. The molecular weight excluding hydrogens is 347 g/mol. The number of hydrogen-bond donors (Lipinski definition) is 0. The second-order valence-corrected chi connectivity index (χ2v) is 10.8. The van der Waals surface area contributed by atoms with Crippen molar-refractivity contribution < 1.29 is 4.39 Å². The van der Waals surface area contributed by atoms with Crippen molar-refractivity contribution in [3.8, 4) is 0 Å². The van der Waals surface area contributed by atoms with E-state index in [9.17, 15) is 4.39 Å². The lowest BCUT2D eigenvalue weighted by molar-refractivity contribution is 0.439. The van der Waals surface area contributed by atoms with Gasteiger partial charge in [-0.2, -0.15) is 0 Å². The molecule has 0 saturated heterocycles. The normalized spacial score (nSPS) is 20.7. The van der Waals surface area contributed by atoms with Crippen molar-refractivity contribution in [1.29, 1.82) is 0 Å². The fraction of sp³-hybridized carbons (Fsp3) is 0.440. The van der Waals surface area contributed by atoms with E-state index >= 15 is 0 Å². The predicted octanol–water partition coefficient (Wildman–Crippen LogP) is 7.00. The molecule has 2 aromatic carbocycles. The first-order valence-electron chi connectivity index (χ1n) is 10.8.